The molecule has 0 radical (unpaired) electrons. The Labute approximate surface area is 197 Å². The molecule has 0 saturated heterocycles. The first-order valence-corrected chi connectivity index (χ1v) is 11.8. The SMILES string of the molecule is Cc1c(Cl)cccc1N1C(=O)c2cc(-c3ccco3)nn2CC1(C)C(=O)NC1CCCCC1. The molecule has 1 aliphatic heterocycles. The lowest BCUT2D eigenvalue weighted by atomic mass is 9.90. The molecule has 1 unspecified atom stereocenters. The van der Waals surface area contributed by atoms with Gasteiger partial charge in [-0.05, 0) is 56.5 Å². The van der Waals surface area contributed by atoms with Gasteiger partial charge in [0, 0.05) is 22.8 Å². The second-order valence-electron chi connectivity index (χ2n) is 9.16. The van der Waals surface area contributed by atoms with Crippen LogP contribution >= 0.6 is 11.6 Å². The first-order valence-electron chi connectivity index (χ1n) is 11.4. The van der Waals surface area contributed by atoms with Crippen LogP contribution in [0.1, 0.15) is 55.1 Å². The van der Waals surface area contributed by atoms with E-state index in [-0.39, 0.29) is 24.4 Å². The van der Waals surface area contributed by atoms with Gasteiger partial charge in [0.1, 0.15) is 16.9 Å². The van der Waals surface area contributed by atoms with Gasteiger partial charge in [-0.1, -0.05) is 36.9 Å². The highest BCUT2D eigenvalue weighted by Gasteiger charge is 2.49. The second kappa shape index (κ2) is 8.37. The Bertz CT molecular complexity index is 1200. The molecule has 2 amide bonds. The number of rotatable bonds is 4. The normalized spacial score (nSPS) is 21.2. The minimum Gasteiger partial charge on any atom is -0.463 e. The Kier molecular flexibility index (Phi) is 5.52. The Morgan fingerprint density at radius 2 is 2.00 bits per heavy atom. The van der Waals surface area contributed by atoms with Crippen LogP contribution in [0.5, 0.6) is 0 Å². The van der Waals surface area contributed by atoms with Gasteiger partial charge in [-0.25, -0.2) is 0 Å². The number of amides is 2. The number of carbonyl (C=O) groups is 2. The molecule has 0 spiro atoms. The molecule has 1 N–H and O–H groups in total. The topological polar surface area (TPSA) is 80.4 Å². The van der Waals surface area contributed by atoms with Gasteiger partial charge >= 0.3 is 0 Å². The predicted octanol–water partition coefficient (Wildman–Crippen LogP) is 4.97. The largest absolute Gasteiger partial charge is 0.463 e. The van der Waals surface area contributed by atoms with Gasteiger partial charge < -0.3 is 9.73 Å². The van der Waals surface area contributed by atoms with Crippen molar-refractivity contribution >= 4 is 29.1 Å². The van der Waals surface area contributed by atoms with Crippen molar-refractivity contribution in [2.45, 2.75) is 64.1 Å². The van der Waals surface area contributed by atoms with Crippen LogP contribution in [0.25, 0.3) is 11.5 Å². The zero-order valence-electron chi connectivity index (χ0n) is 18.8. The standard InChI is InChI=1S/C25H27ClN4O3/c1-16-18(26)10-6-11-20(16)30-23(31)21-14-19(22-12-7-13-33-22)28-29(21)15-25(30,2)24(32)27-17-8-4-3-5-9-17/h6-7,10-14,17H,3-5,8-9,15H2,1-2H3,(H,27,32). The number of nitrogens with zero attached hydrogens (tertiary/aromatic N) is 3. The van der Waals surface area contributed by atoms with Crippen LogP contribution in [0.4, 0.5) is 5.69 Å². The van der Waals surface area contributed by atoms with Gasteiger partial charge in [0.05, 0.1) is 12.8 Å². The van der Waals surface area contributed by atoms with E-state index in [1.165, 1.54) is 6.42 Å². The highest BCUT2D eigenvalue weighted by atomic mass is 35.5. The highest BCUT2D eigenvalue weighted by Crippen LogP contribution is 2.37. The van der Waals surface area contributed by atoms with Crippen molar-refractivity contribution in [2.24, 2.45) is 0 Å². The molecular formula is C25H27ClN4O3. The minimum atomic E-state index is -1.18. The molecule has 3 aromatic rings. The highest BCUT2D eigenvalue weighted by molar-refractivity contribution is 6.32. The van der Waals surface area contributed by atoms with E-state index in [0.717, 1.165) is 31.2 Å². The van der Waals surface area contributed by atoms with Gasteiger partial charge in [0.25, 0.3) is 5.91 Å². The minimum absolute atomic E-state index is 0.123. The van der Waals surface area contributed by atoms with Crippen molar-refractivity contribution in [2.75, 3.05) is 4.90 Å². The molecule has 5 rings (SSSR count). The fourth-order valence-corrected chi connectivity index (χ4v) is 5.10. The lowest BCUT2D eigenvalue weighted by Crippen LogP contribution is -2.65. The Balaban J connectivity index is 1.59. The molecule has 1 aliphatic carbocycles. The monoisotopic (exact) mass is 466 g/mol. The number of nitrogens with one attached hydrogen (secondary N) is 1. The maximum absolute atomic E-state index is 13.9. The molecule has 0 bridgehead atoms. The van der Waals surface area contributed by atoms with E-state index < -0.39 is 5.54 Å². The van der Waals surface area contributed by atoms with Crippen LogP contribution in [0.15, 0.2) is 47.1 Å². The molecule has 172 valence electrons. The smallest absolute Gasteiger partial charge is 0.277 e. The number of carbonyl (C=O) groups excluding carboxylic acids is 2. The molecule has 1 saturated carbocycles. The molecule has 1 aromatic carbocycles. The maximum atomic E-state index is 13.9. The van der Waals surface area contributed by atoms with Crippen molar-refractivity contribution in [3.8, 4) is 11.5 Å². The van der Waals surface area contributed by atoms with Gasteiger partial charge in [-0.15, -0.1) is 0 Å². The molecule has 2 aromatic heterocycles. The van der Waals surface area contributed by atoms with E-state index in [2.05, 4.69) is 10.4 Å². The van der Waals surface area contributed by atoms with Crippen molar-refractivity contribution < 1.29 is 14.0 Å². The molecule has 2 aliphatic rings. The van der Waals surface area contributed by atoms with Crippen LogP contribution in [-0.2, 0) is 11.3 Å². The van der Waals surface area contributed by atoms with E-state index in [0.29, 0.717) is 27.9 Å². The summed E-state index contributed by atoms with van der Waals surface area (Å²) in [6.45, 7) is 3.89. The number of furan rings is 1. The Morgan fingerprint density at radius 3 is 2.73 bits per heavy atom. The molecule has 33 heavy (non-hydrogen) atoms. The molecule has 3 heterocycles. The fraction of sp³-hybridized carbons (Fsp3) is 0.400. The number of halogens is 1. The van der Waals surface area contributed by atoms with Crippen molar-refractivity contribution in [3.05, 3.63) is 58.9 Å². The summed E-state index contributed by atoms with van der Waals surface area (Å²) in [4.78, 5) is 29.2. The zero-order valence-corrected chi connectivity index (χ0v) is 19.6. The average molecular weight is 467 g/mol. The molecule has 7 nitrogen and oxygen atoms in total. The van der Waals surface area contributed by atoms with Crippen molar-refractivity contribution in [3.63, 3.8) is 0 Å². The average Bonchev–Trinajstić information content (AvgIpc) is 3.47. The van der Waals surface area contributed by atoms with Gasteiger partial charge in [-0.2, -0.15) is 5.10 Å². The van der Waals surface area contributed by atoms with Crippen LogP contribution in [0, 0.1) is 6.92 Å². The Morgan fingerprint density at radius 1 is 1.21 bits per heavy atom. The van der Waals surface area contributed by atoms with E-state index in [1.807, 2.05) is 13.0 Å². The maximum Gasteiger partial charge on any atom is 0.277 e. The summed E-state index contributed by atoms with van der Waals surface area (Å²) in [5.74, 6) is 0.101. The molecule has 1 atom stereocenters. The number of benzene rings is 1. The number of hydrogen-bond donors (Lipinski definition) is 1. The lowest BCUT2D eigenvalue weighted by molar-refractivity contribution is -0.127. The van der Waals surface area contributed by atoms with Crippen LogP contribution < -0.4 is 10.2 Å². The summed E-state index contributed by atoms with van der Waals surface area (Å²) in [6.07, 6.45) is 6.89. The third kappa shape index (κ3) is 3.74. The Hall–Kier alpha value is -3.06. The third-order valence-electron chi connectivity index (χ3n) is 6.84. The van der Waals surface area contributed by atoms with Gasteiger partial charge in [-0.3, -0.25) is 19.2 Å². The van der Waals surface area contributed by atoms with Gasteiger partial charge in [0.2, 0.25) is 5.91 Å². The fourth-order valence-electron chi connectivity index (χ4n) is 4.93. The second-order valence-corrected chi connectivity index (χ2v) is 9.56. The number of aromatic nitrogens is 2. The first kappa shape index (κ1) is 21.8. The van der Waals surface area contributed by atoms with E-state index >= 15 is 0 Å². The third-order valence-corrected chi connectivity index (χ3v) is 7.25. The van der Waals surface area contributed by atoms with Crippen molar-refractivity contribution in [1.82, 2.24) is 15.1 Å². The van der Waals surface area contributed by atoms with Crippen LogP contribution in [0.2, 0.25) is 5.02 Å². The lowest BCUT2D eigenvalue weighted by Gasteiger charge is -2.44. The van der Waals surface area contributed by atoms with Crippen LogP contribution in [-0.4, -0.2) is 33.2 Å². The molecular weight excluding hydrogens is 440 g/mol. The van der Waals surface area contributed by atoms with E-state index in [4.69, 9.17) is 16.0 Å². The summed E-state index contributed by atoms with van der Waals surface area (Å²) in [7, 11) is 0. The summed E-state index contributed by atoms with van der Waals surface area (Å²) in [5.41, 5.74) is 1.17. The number of fused-ring (bicyclic) bond motifs is 1. The summed E-state index contributed by atoms with van der Waals surface area (Å²) in [5, 5.41) is 8.38. The molecule has 1 fully saturated rings. The van der Waals surface area contributed by atoms with E-state index in [1.54, 1.807) is 53.1 Å². The summed E-state index contributed by atoms with van der Waals surface area (Å²) < 4.78 is 7.10. The molecule has 8 heteroatoms. The predicted molar refractivity (Wildman–Crippen MR) is 126 cm³/mol. The summed E-state index contributed by atoms with van der Waals surface area (Å²) >= 11 is 6.41. The van der Waals surface area contributed by atoms with E-state index in [9.17, 15) is 9.59 Å². The first-order chi connectivity index (χ1) is 15.9. The van der Waals surface area contributed by atoms with Crippen LogP contribution in [0.3, 0.4) is 0 Å². The number of anilines is 1. The quantitative estimate of drug-likeness (QED) is 0.588. The number of hydrogen-bond acceptors (Lipinski definition) is 4. The zero-order chi connectivity index (χ0) is 23.2. The van der Waals surface area contributed by atoms with Crippen molar-refractivity contribution in [1.29, 1.82) is 0 Å². The summed E-state index contributed by atoms with van der Waals surface area (Å²) in [6, 6.07) is 10.8. The van der Waals surface area contributed by atoms with Gasteiger partial charge in [0.15, 0.2) is 5.76 Å².